The summed E-state index contributed by atoms with van der Waals surface area (Å²) in [4.78, 5) is 12.1. The van der Waals surface area contributed by atoms with E-state index >= 15 is 0 Å². The average Bonchev–Trinajstić information content (AvgIpc) is 2.47. The Morgan fingerprint density at radius 3 is 2.35 bits per heavy atom. The Bertz CT molecular complexity index is 614. The van der Waals surface area contributed by atoms with E-state index in [0.29, 0.717) is 18.0 Å². The fourth-order valence-corrected chi connectivity index (χ4v) is 2.66. The summed E-state index contributed by atoms with van der Waals surface area (Å²) in [6.45, 7) is 0.486. The normalized spacial score (nSPS) is 10.3. The number of carbonyl (C=O) groups excluding carboxylic acids is 1. The molecule has 5 heteroatoms. The first-order valence-electron chi connectivity index (χ1n) is 5.97. The smallest absolute Gasteiger partial charge is 0.252 e. The molecule has 104 valence electrons. The van der Waals surface area contributed by atoms with Gasteiger partial charge in [-0.25, -0.2) is 0 Å². The van der Waals surface area contributed by atoms with Crippen molar-refractivity contribution >= 4 is 49.4 Å². The highest BCUT2D eigenvalue weighted by atomic mass is 79.9. The number of rotatable bonds is 4. The Hall–Kier alpha value is -0.840. The molecule has 2 aromatic rings. The second-order valence-electron chi connectivity index (χ2n) is 4.26. The van der Waals surface area contributed by atoms with Crippen LogP contribution in [0.15, 0.2) is 51.4 Å². The molecular formula is C15H12Br2ClNO. The molecule has 0 aliphatic heterocycles. The SMILES string of the molecule is O=C(NCc1ccc(CCl)cc1)c1cc(Br)ccc1Br. The molecule has 2 nitrogen and oxygen atoms in total. The predicted octanol–water partition coefficient (Wildman–Crippen LogP) is 4.88. The summed E-state index contributed by atoms with van der Waals surface area (Å²) < 4.78 is 1.65. The van der Waals surface area contributed by atoms with Gasteiger partial charge < -0.3 is 5.32 Å². The summed E-state index contributed by atoms with van der Waals surface area (Å²) in [6, 6.07) is 13.4. The molecule has 20 heavy (non-hydrogen) atoms. The Morgan fingerprint density at radius 2 is 1.70 bits per heavy atom. The van der Waals surface area contributed by atoms with Crippen molar-refractivity contribution in [3.8, 4) is 0 Å². The summed E-state index contributed by atoms with van der Waals surface area (Å²) in [7, 11) is 0. The number of alkyl halides is 1. The molecule has 0 aromatic heterocycles. The van der Waals surface area contributed by atoms with E-state index in [1.54, 1.807) is 6.07 Å². The van der Waals surface area contributed by atoms with Crippen molar-refractivity contribution in [3.05, 3.63) is 68.1 Å². The second-order valence-corrected chi connectivity index (χ2v) is 6.29. The first-order chi connectivity index (χ1) is 9.60. The molecule has 0 aliphatic rings. The summed E-state index contributed by atoms with van der Waals surface area (Å²) in [5, 5.41) is 2.90. The van der Waals surface area contributed by atoms with E-state index in [1.807, 2.05) is 36.4 Å². The maximum atomic E-state index is 12.1. The average molecular weight is 418 g/mol. The van der Waals surface area contributed by atoms with Crippen molar-refractivity contribution in [2.24, 2.45) is 0 Å². The van der Waals surface area contributed by atoms with Crippen LogP contribution in [0, 0.1) is 0 Å². The maximum Gasteiger partial charge on any atom is 0.252 e. The molecule has 0 atom stereocenters. The molecule has 0 spiro atoms. The fourth-order valence-electron chi connectivity index (χ4n) is 1.70. The van der Waals surface area contributed by atoms with Crippen molar-refractivity contribution in [3.63, 3.8) is 0 Å². The van der Waals surface area contributed by atoms with E-state index in [4.69, 9.17) is 11.6 Å². The zero-order chi connectivity index (χ0) is 14.5. The minimum atomic E-state index is -0.111. The summed E-state index contributed by atoms with van der Waals surface area (Å²) in [5.41, 5.74) is 2.71. The molecule has 0 unspecified atom stereocenters. The Morgan fingerprint density at radius 1 is 1.05 bits per heavy atom. The highest BCUT2D eigenvalue weighted by molar-refractivity contribution is 9.11. The first kappa shape index (κ1) is 15.5. The van der Waals surface area contributed by atoms with Crippen LogP contribution < -0.4 is 5.32 Å². The monoisotopic (exact) mass is 415 g/mol. The molecular weight excluding hydrogens is 405 g/mol. The fraction of sp³-hybridized carbons (Fsp3) is 0.133. The minimum absolute atomic E-state index is 0.111. The van der Waals surface area contributed by atoms with Crippen LogP contribution in [0.5, 0.6) is 0 Å². The third-order valence-electron chi connectivity index (χ3n) is 2.80. The third-order valence-corrected chi connectivity index (χ3v) is 4.30. The zero-order valence-corrected chi connectivity index (χ0v) is 14.4. The molecule has 1 amide bonds. The van der Waals surface area contributed by atoms with Crippen LogP contribution in [0.3, 0.4) is 0 Å². The van der Waals surface area contributed by atoms with Crippen molar-refractivity contribution in [2.45, 2.75) is 12.4 Å². The zero-order valence-electron chi connectivity index (χ0n) is 10.5. The molecule has 2 aromatic carbocycles. The quantitative estimate of drug-likeness (QED) is 0.706. The van der Waals surface area contributed by atoms with Crippen LogP contribution in [0.2, 0.25) is 0 Å². The van der Waals surface area contributed by atoms with Gasteiger partial charge in [-0.15, -0.1) is 11.6 Å². The molecule has 2 rings (SSSR count). The van der Waals surface area contributed by atoms with Gasteiger partial charge in [0.1, 0.15) is 0 Å². The van der Waals surface area contributed by atoms with Crippen LogP contribution in [-0.4, -0.2) is 5.91 Å². The second kappa shape index (κ2) is 7.25. The van der Waals surface area contributed by atoms with Gasteiger partial charge in [-0.2, -0.15) is 0 Å². The van der Waals surface area contributed by atoms with Crippen LogP contribution >= 0.6 is 43.5 Å². The molecule has 0 heterocycles. The Labute approximate surface area is 139 Å². The van der Waals surface area contributed by atoms with E-state index < -0.39 is 0 Å². The van der Waals surface area contributed by atoms with E-state index in [9.17, 15) is 4.79 Å². The summed E-state index contributed by atoms with van der Waals surface area (Å²) in [5.74, 6) is 0.386. The first-order valence-corrected chi connectivity index (χ1v) is 8.09. The maximum absolute atomic E-state index is 12.1. The number of amides is 1. The van der Waals surface area contributed by atoms with E-state index in [1.165, 1.54) is 0 Å². The molecule has 0 fully saturated rings. The lowest BCUT2D eigenvalue weighted by Gasteiger charge is -2.08. The summed E-state index contributed by atoms with van der Waals surface area (Å²) in [6.07, 6.45) is 0. The number of hydrogen-bond donors (Lipinski definition) is 1. The standard InChI is InChI=1S/C15H12Br2ClNO/c16-12-5-6-14(17)13(7-12)15(20)19-9-11-3-1-10(8-18)2-4-11/h1-7H,8-9H2,(H,19,20). The van der Waals surface area contributed by atoms with E-state index in [-0.39, 0.29) is 5.91 Å². The molecule has 0 saturated heterocycles. The van der Waals surface area contributed by atoms with Crippen molar-refractivity contribution in [1.29, 1.82) is 0 Å². The number of carbonyl (C=O) groups is 1. The Kier molecular flexibility index (Phi) is 5.64. The van der Waals surface area contributed by atoms with Gasteiger partial charge in [0.2, 0.25) is 0 Å². The Balaban J connectivity index is 2.02. The molecule has 0 bridgehead atoms. The van der Waals surface area contributed by atoms with Gasteiger partial charge in [-0.3, -0.25) is 4.79 Å². The largest absolute Gasteiger partial charge is 0.348 e. The van der Waals surface area contributed by atoms with E-state index in [0.717, 1.165) is 20.1 Å². The van der Waals surface area contributed by atoms with Crippen LogP contribution in [-0.2, 0) is 12.4 Å². The lowest BCUT2D eigenvalue weighted by atomic mass is 10.1. The predicted molar refractivity (Wildman–Crippen MR) is 89.0 cm³/mol. The van der Waals surface area contributed by atoms with Crippen molar-refractivity contribution < 1.29 is 4.79 Å². The highest BCUT2D eigenvalue weighted by Gasteiger charge is 2.10. The highest BCUT2D eigenvalue weighted by Crippen LogP contribution is 2.21. The van der Waals surface area contributed by atoms with Gasteiger partial charge in [-0.1, -0.05) is 40.2 Å². The third kappa shape index (κ3) is 4.08. The molecule has 0 aliphatic carbocycles. The van der Waals surface area contributed by atoms with Crippen LogP contribution in [0.1, 0.15) is 21.5 Å². The molecule has 0 radical (unpaired) electrons. The lowest BCUT2D eigenvalue weighted by Crippen LogP contribution is -2.23. The number of nitrogens with one attached hydrogen (secondary N) is 1. The van der Waals surface area contributed by atoms with Gasteiger partial charge >= 0.3 is 0 Å². The number of hydrogen-bond acceptors (Lipinski definition) is 1. The number of halogens is 3. The summed E-state index contributed by atoms with van der Waals surface area (Å²) >= 11 is 12.5. The lowest BCUT2D eigenvalue weighted by molar-refractivity contribution is 0.0950. The van der Waals surface area contributed by atoms with Gasteiger partial charge in [0.15, 0.2) is 0 Å². The molecule has 1 N–H and O–H groups in total. The minimum Gasteiger partial charge on any atom is -0.348 e. The topological polar surface area (TPSA) is 29.1 Å². The van der Waals surface area contributed by atoms with Gasteiger partial charge in [-0.05, 0) is 45.3 Å². The van der Waals surface area contributed by atoms with Gasteiger partial charge in [0.25, 0.3) is 5.91 Å². The van der Waals surface area contributed by atoms with Crippen molar-refractivity contribution in [2.75, 3.05) is 0 Å². The van der Waals surface area contributed by atoms with Crippen LogP contribution in [0.4, 0.5) is 0 Å². The van der Waals surface area contributed by atoms with E-state index in [2.05, 4.69) is 37.2 Å². The van der Waals surface area contributed by atoms with Crippen LogP contribution in [0.25, 0.3) is 0 Å². The molecule has 0 saturated carbocycles. The van der Waals surface area contributed by atoms with Gasteiger partial charge in [0, 0.05) is 21.4 Å². The number of benzene rings is 2. The van der Waals surface area contributed by atoms with Crippen molar-refractivity contribution in [1.82, 2.24) is 5.32 Å². The van der Waals surface area contributed by atoms with Gasteiger partial charge in [0.05, 0.1) is 5.56 Å².